The second-order valence-electron chi connectivity index (χ2n) is 21.3. The Morgan fingerprint density at radius 2 is 1.62 bits per heavy atom. The number of nitrogens with zero attached hydrogens (tertiary/aromatic N) is 4. The second kappa shape index (κ2) is 23.3. The number of thiazole rings is 1. The third-order valence-electron chi connectivity index (χ3n) is 13.4. The molecule has 4 atom stereocenters. The summed E-state index contributed by atoms with van der Waals surface area (Å²) >= 11 is 7.82. The van der Waals surface area contributed by atoms with Gasteiger partial charge in [0.25, 0.3) is 5.91 Å². The average Bonchev–Trinajstić information content (AvgIpc) is 3.94. The molecule has 3 aromatic carbocycles. The van der Waals surface area contributed by atoms with E-state index in [9.17, 15) is 29.5 Å². The minimum atomic E-state index is -0.974. The predicted octanol–water partition coefficient (Wildman–Crippen LogP) is 7.73. The predicted molar refractivity (Wildman–Crippen MR) is 275 cm³/mol. The standard InChI is InChI=1S/C54H70ClN7O8S/c1-33-45(71-32-57-33)35-16-14-34(15-17-35)42(30-61(9)10)58-48(66)43-26-38(63)29-62(43)49(67)46(52(2,3)4)59-44(64)31-68-24-12-11-13-25-69-39-21-18-36(19-22-39)47(65)60-50-53(5,6)51(54(50,7)8)70-40-23-20-37(28-56)41(55)27-40/h14-23,27,32,38,42-43,46,50-51,63H,11-13,24-26,29-31H2,1-10H3,(H,58,66)(H,59,64)(H,60,65)/t38-,42-,43+,46-,50?,51?/m1/s1. The number of carbonyl (C=O) groups excluding carboxylic acids is 4. The van der Waals surface area contributed by atoms with E-state index in [0.717, 1.165) is 34.5 Å². The topological polar surface area (TPSA) is 195 Å². The number of nitrogens with one attached hydrogen (secondary N) is 3. The number of β-amino-alcohol motifs (C(OH)–C–C–N with tert-alkyl or cyclic N) is 1. The van der Waals surface area contributed by atoms with Gasteiger partial charge in [0.1, 0.15) is 42.4 Å². The molecule has 1 aliphatic heterocycles. The Kier molecular flexibility index (Phi) is 18.0. The van der Waals surface area contributed by atoms with Crippen molar-refractivity contribution in [2.75, 3.05) is 47.0 Å². The highest BCUT2D eigenvalue weighted by molar-refractivity contribution is 7.13. The normalized spacial score (nSPS) is 20.0. The van der Waals surface area contributed by atoms with Gasteiger partial charge in [0, 0.05) is 54.6 Å². The number of likely N-dealkylation sites (tertiary alicyclic amines) is 1. The summed E-state index contributed by atoms with van der Waals surface area (Å²) in [6.07, 6.45) is 1.19. The van der Waals surface area contributed by atoms with Crippen molar-refractivity contribution in [1.82, 2.24) is 30.7 Å². The van der Waals surface area contributed by atoms with E-state index in [4.69, 9.17) is 25.8 Å². The second-order valence-corrected chi connectivity index (χ2v) is 22.5. The summed E-state index contributed by atoms with van der Waals surface area (Å²) in [5.41, 5.74) is 4.12. The lowest BCUT2D eigenvalue weighted by Gasteiger charge is -2.63. The fourth-order valence-electron chi connectivity index (χ4n) is 9.99. The Hall–Kier alpha value is -5.57. The molecule has 0 unspecified atom stereocenters. The van der Waals surface area contributed by atoms with E-state index >= 15 is 0 Å². The van der Waals surface area contributed by atoms with Gasteiger partial charge in [0.2, 0.25) is 17.7 Å². The summed E-state index contributed by atoms with van der Waals surface area (Å²) in [7, 11) is 3.85. The molecule has 0 radical (unpaired) electrons. The number of aliphatic hydroxyl groups excluding tert-OH is 1. The molecule has 0 spiro atoms. The maximum atomic E-state index is 14.2. The Labute approximate surface area is 427 Å². The first kappa shape index (κ1) is 54.8. The first-order valence-corrected chi connectivity index (χ1v) is 25.5. The molecule has 4 amide bonds. The molecule has 2 aliphatic rings. The van der Waals surface area contributed by atoms with Gasteiger partial charge in [-0.3, -0.25) is 19.2 Å². The fourth-order valence-corrected chi connectivity index (χ4v) is 11.0. The first-order valence-electron chi connectivity index (χ1n) is 24.2. The van der Waals surface area contributed by atoms with Crippen LogP contribution in [0.2, 0.25) is 5.02 Å². The molecule has 4 N–H and O–H groups in total. The third-order valence-corrected chi connectivity index (χ3v) is 14.7. The van der Waals surface area contributed by atoms with E-state index in [2.05, 4.69) is 54.7 Å². The molecule has 2 heterocycles. The van der Waals surface area contributed by atoms with Gasteiger partial charge < -0.3 is 45.1 Å². The van der Waals surface area contributed by atoms with Crippen molar-refractivity contribution in [1.29, 1.82) is 5.26 Å². The van der Waals surface area contributed by atoms with Crippen LogP contribution in [-0.4, -0.2) is 121 Å². The van der Waals surface area contributed by atoms with Gasteiger partial charge >= 0.3 is 0 Å². The molecule has 4 aromatic rings. The number of rotatable bonds is 21. The van der Waals surface area contributed by atoms with E-state index < -0.39 is 46.2 Å². The minimum absolute atomic E-state index is 0.0285. The lowest BCUT2D eigenvalue weighted by Crippen LogP contribution is -2.74. The average molecular weight is 1010 g/mol. The molecule has 6 rings (SSSR count). The molecule has 382 valence electrons. The number of aliphatic hydroxyl groups is 1. The summed E-state index contributed by atoms with van der Waals surface area (Å²) in [5, 5.41) is 29.5. The summed E-state index contributed by atoms with van der Waals surface area (Å²) in [6.45, 7) is 16.8. The smallest absolute Gasteiger partial charge is 0.251 e. The zero-order valence-corrected chi connectivity index (χ0v) is 44.2. The van der Waals surface area contributed by atoms with E-state index in [-0.39, 0.29) is 49.6 Å². The van der Waals surface area contributed by atoms with Gasteiger partial charge in [-0.2, -0.15) is 5.26 Å². The largest absolute Gasteiger partial charge is 0.494 e. The Morgan fingerprint density at radius 1 is 0.958 bits per heavy atom. The molecule has 1 aromatic heterocycles. The molecule has 1 aliphatic carbocycles. The highest BCUT2D eigenvalue weighted by Gasteiger charge is 2.64. The number of amides is 4. The number of hydrogen-bond acceptors (Lipinski definition) is 12. The van der Waals surface area contributed by atoms with Crippen molar-refractivity contribution in [2.24, 2.45) is 16.2 Å². The monoisotopic (exact) mass is 1010 g/mol. The van der Waals surface area contributed by atoms with Crippen LogP contribution in [0.25, 0.3) is 10.4 Å². The maximum Gasteiger partial charge on any atom is 0.251 e. The summed E-state index contributed by atoms with van der Waals surface area (Å²) in [5.74, 6) is -0.243. The van der Waals surface area contributed by atoms with Crippen molar-refractivity contribution in [2.45, 2.75) is 117 Å². The Balaban J connectivity index is 0.910. The molecule has 17 heteroatoms. The quantitative estimate of drug-likeness (QED) is 0.0597. The molecule has 0 bridgehead atoms. The SMILES string of the molecule is Cc1ncsc1-c1ccc([C@@H](CN(C)C)NC(=O)[C@@H]2C[C@@H](O)CN2C(=O)[C@@H](NC(=O)COCCCCCOc2ccc(C(=O)NC3C(C)(C)C(Oc4ccc(C#N)c(Cl)c4)C3(C)C)cc2)C(C)(C)C)cc1. The van der Waals surface area contributed by atoms with Crippen molar-refractivity contribution in [3.8, 4) is 28.0 Å². The summed E-state index contributed by atoms with van der Waals surface area (Å²) in [4.78, 5) is 63.6. The number of carbonyl (C=O) groups is 4. The van der Waals surface area contributed by atoms with E-state index in [1.165, 1.54) is 4.90 Å². The molecule has 1 saturated heterocycles. The summed E-state index contributed by atoms with van der Waals surface area (Å²) in [6, 6.07) is 19.7. The molecular formula is C54H70ClN7O8S. The Bertz CT molecular complexity index is 2520. The number of benzene rings is 3. The van der Waals surface area contributed by atoms with Crippen LogP contribution >= 0.6 is 22.9 Å². The van der Waals surface area contributed by atoms with Crippen molar-refractivity contribution in [3.05, 3.63) is 99.6 Å². The van der Waals surface area contributed by atoms with Gasteiger partial charge in [0.15, 0.2) is 0 Å². The van der Waals surface area contributed by atoms with Gasteiger partial charge in [-0.15, -0.1) is 11.3 Å². The minimum Gasteiger partial charge on any atom is -0.494 e. The number of aryl methyl sites for hydroxylation is 1. The Morgan fingerprint density at radius 3 is 2.23 bits per heavy atom. The lowest BCUT2D eigenvalue weighted by molar-refractivity contribution is -0.164. The van der Waals surface area contributed by atoms with E-state index in [1.54, 1.807) is 53.8 Å². The third kappa shape index (κ3) is 13.5. The van der Waals surface area contributed by atoms with Crippen LogP contribution in [0.1, 0.15) is 107 Å². The summed E-state index contributed by atoms with van der Waals surface area (Å²) < 4.78 is 18.0. The van der Waals surface area contributed by atoms with Crippen molar-refractivity contribution < 1.29 is 38.5 Å². The molecule has 15 nitrogen and oxygen atoms in total. The zero-order valence-electron chi connectivity index (χ0n) is 42.6. The molecule has 1 saturated carbocycles. The lowest BCUT2D eigenvalue weighted by atomic mass is 9.49. The number of hydrogen-bond donors (Lipinski definition) is 4. The maximum absolute atomic E-state index is 14.2. The molecule has 2 fully saturated rings. The van der Waals surface area contributed by atoms with Crippen molar-refractivity contribution >= 4 is 46.6 Å². The number of halogens is 1. The number of nitriles is 1. The van der Waals surface area contributed by atoms with Gasteiger partial charge in [-0.25, -0.2) is 4.98 Å². The van der Waals surface area contributed by atoms with Crippen LogP contribution < -0.4 is 25.4 Å². The van der Waals surface area contributed by atoms with Crippen molar-refractivity contribution in [3.63, 3.8) is 0 Å². The van der Waals surface area contributed by atoms with Crippen LogP contribution in [0.5, 0.6) is 11.5 Å². The zero-order chi connectivity index (χ0) is 51.8. The number of aromatic nitrogens is 1. The van der Waals surface area contributed by atoms with E-state index in [0.29, 0.717) is 53.8 Å². The number of ether oxygens (including phenoxy) is 3. The number of unbranched alkanes of at least 4 members (excludes halogenated alkanes) is 2. The van der Waals surface area contributed by atoms with Gasteiger partial charge in [0.05, 0.1) is 45.4 Å². The highest BCUT2D eigenvalue weighted by atomic mass is 35.5. The van der Waals surface area contributed by atoms with Crippen LogP contribution in [0, 0.1) is 34.5 Å². The van der Waals surface area contributed by atoms with E-state index in [1.807, 2.05) is 76.5 Å². The first-order chi connectivity index (χ1) is 33.5. The van der Waals surface area contributed by atoms with Crippen LogP contribution in [0.15, 0.2) is 72.2 Å². The van der Waals surface area contributed by atoms with Crippen LogP contribution in [0.4, 0.5) is 0 Å². The van der Waals surface area contributed by atoms with Crippen LogP contribution in [0.3, 0.4) is 0 Å². The fraction of sp³-hybridized carbons (Fsp3) is 0.519. The molecular weight excluding hydrogens is 942 g/mol. The molecule has 71 heavy (non-hydrogen) atoms. The number of likely N-dealkylation sites (N-methyl/N-ethyl adjacent to an activating group) is 1. The van der Waals surface area contributed by atoms with Crippen LogP contribution in [-0.2, 0) is 19.1 Å². The van der Waals surface area contributed by atoms with Gasteiger partial charge in [-0.1, -0.05) is 84.3 Å². The highest BCUT2D eigenvalue weighted by Crippen LogP contribution is 2.55. The van der Waals surface area contributed by atoms with Gasteiger partial charge in [-0.05, 0) is 93.2 Å².